The Balaban J connectivity index is 2.31. The lowest BCUT2D eigenvalue weighted by atomic mass is 10.00. The predicted molar refractivity (Wildman–Crippen MR) is 48.8 cm³/mol. The second kappa shape index (κ2) is 2.94. The van der Waals surface area contributed by atoms with Gasteiger partial charge in [0.15, 0.2) is 0 Å². The summed E-state index contributed by atoms with van der Waals surface area (Å²) in [5.41, 5.74) is 1.50. The summed E-state index contributed by atoms with van der Waals surface area (Å²) in [7, 11) is 0. The summed E-state index contributed by atoms with van der Waals surface area (Å²) in [6.07, 6.45) is 2.19. The molecule has 0 saturated carbocycles. The number of aromatic nitrogens is 1. The van der Waals surface area contributed by atoms with Crippen molar-refractivity contribution in [2.24, 2.45) is 5.92 Å². The number of fused-ring (bicyclic) bond motifs is 1. The van der Waals surface area contributed by atoms with E-state index in [1.165, 1.54) is 18.8 Å². The molecular formula is C10H17N2+. The van der Waals surface area contributed by atoms with Gasteiger partial charge >= 0.3 is 0 Å². The Hall–Kier alpha value is -0.760. The minimum atomic E-state index is 0.675. The highest BCUT2D eigenvalue weighted by molar-refractivity contribution is 5.11. The van der Waals surface area contributed by atoms with E-state index in [2.05, 4.69) is 42.1 Å². The Morgan fingerprint density at radius 1 is 1.58 bits per heavy atom. The van der Waals surface area contributed by atoms with Crippen molar-refractivity contribution in [2.45, 2.75) is 26.4 Å². The molecule has 1 aliphatic rings. The first-order chi connectivity index (χ1) is 5.79. The average molecular weight is 165 g/mol. The lowest BCUT2D eigenvalue weighted by Gasteiger charge is -2.25. The van der Waals surface area contributed by atoms with Crippen molar-refractivity contribution < 1.29 is 5.32 Å². The third-order valence-electron chi connectivity index (χ3n) is 2.71. The zero-order chi connectivity index (χ0) is 8.55. The Labute approximate surface area is 73.6 Å². The first kappa shape index (κ1) is 7.87. The molecule has 1 aromatic heterocycles. The number of hydrogen-bond donors (Lipinski definition) is 1. The molecule has 2 heteroatoms. The van der Waals surface area contributed by atoms with Crippen LogP contribution in [0.25, 0.3) is 0 Å². The van der Waals surface area contributed by atoms with Gasteiger partial charge in [-0.1, -0.05) is 13.8 Å². The van der Waals surface area contributed by atoms with Gasteiger partial charge in [-0.15, -0.1) is 0 Å². The number of rotatable bonds is 1. The van der Waals surface area contributed by atoms with Gasteiger partial charge in [0.1, 0.15) is 6.04 Å². The highest BCUT2D eigenvalue weighted by atomic mass is 15.1. The molecule has 12 heavy (non-hydrogen) atoms. The zero-order valence-electron chi connectivity index (χ0n) is 7.83. The van der Waals surface area contributed by atoms with Gasteiger partial charge in [-0.05, 0) is 12.1 Å². The SMILES string of the molecule is CC(C)[C@@H]1[NH2+]CCn2cccc21. The Kier molecular flexibility index (Phi) is 1.93. The third kappa shape index (κ3) is 1.16. The molecule has 0 unspecified atom stereocenters. The van der Waals surface area contributed by atoms with Crippen LogP contribution in [0.2, 0.25) is 0 Å². The summed E-state index contributed by atoms with van der Waals surface area (Å²) < 4.78 is 2.38. The molecule has 66 valence electrons. The maximum Gasteiger partial charge on any atom is 0.129 e. The minimum Gasteiger partial charge on any atom is -0.341 e. The van der Waals surface area contributed by atoms with E-state index in [-0.39, 0.29) is 0 Å². The van der Waals surface area contributed by atoms with Crippen LogP contribution in [0.4, 0.5) is 0 Å². The van der Waals surface area contributed by atoms with E-state index in [1.807, 2.05) is 0 Å². The van der Waals surface area contributed by atoms with Crippen molar-refractivity contribution in [1.29, 1.82) is 0 Å². The summed E-state index contributed by atoms with van der Waals surface area (Å²) in [4.78, 5) is 0. The van der Waals surface area contributed by atoms with Crippen LogP contribution in [0.3, 0.4) is 0 Å². The number of nitrogens with two attached hydrogens (primary N) is 1. The van der Waals surface area contributed by atoms with Crippen molar-refractivity contribution in [2.75, 3.05) is 6.54 Å². The molecule has 0 spiro atoms. The molecule has 0 aromatic carbocycles. The van der Waals surface area contributed by atoms with E-state index < -0.39 is 0 Å². The van der Waals surface area contributed by atoms with Crippen LogP contribution in [-0.2, 0) is 6.54 Å². The van der Waals surface area contributed by atoms with Crippen molar-refractivity contribution >= 4 is 0 Å². The van der Waals surface area contributed by atoms with Crippen molar-refractivity contribution in [1.82, 2.24) is 4.57 Å². The van der Waals surface area contributed by atoms with E-state index in [0.717, 1.165) is 5.92 Å². The lowest BCUT2D eigenvalue weighted by Crippen LogP contribution is -2.88. The summed E-state index contributed by atoms with van der Waals surface area (Å²) >= 11 is 0. The van der Waals surface area contributed by atoms with Gasteiger partial charge < -0.3 is 9.88 Å². The largest absolute Gasteiger partial charge is 0.341 e. The van der Waals surface area contributed by atoms with Gasteiger partial charge in [0.05, 0.1) is 18.8 Å². The highest BCUT2D eigenvalue weighted by Gasteiger charge is 2.25. The zero-order valence-corrected chi connectivity index (χ0v) is 7.83. The van der Waals surface area contributed by atoms with E-state index in [1.54, 1.807) is 0 Å². The molecule has 1 atom stereocenters. The van der Waals surface area contributed by atoms with Crippen molar-refractivity contribution in [3.63, 3.8) is 0 Å². The van der Waals surface area contributed by atoms with Crippen LogP contribution in [0.1, 0.15) is 25.6 Å². The molecule has 0 radical (unpaired) electrons. The molecule has 2 N–H and O–H groups in total. The van der Waals surface area contributed by atoms with E-state index in [4.69, 9.17) is 0 Å². The summed E-state index contributed by atoms with van der Waals surface area (Å²) in [6, 6.07) is 5.08. The maximum atomic E-state index is 2.46. The smallest absolute Gasteiger partial charge is 0.129 e. The molecule has 0 aliphatic carbocycles. The van der Waals surface area contributed by atoms with E-state index >= 15 is 0 Å². The second-order valence-electron chi connectivity index (χ2n) is 3.92. The number of nitrogens with zero attached hydrogens (tertiary/aromatic N) is 1. The molecular weight excluding hydrogens is 148 g/mol. The second-order valence-corrected chi connectivity index (χ2v) is 3.92. The van der Waals surface area contributed by atoms with Crippen molar-refractivity contribution in [3.05, 3.63) is 24.0 Å². The Morgan fingerprint density at radius 3 is 3.17 bits per heavy atom. The lowest BCUT2D eigenvalue weighted by molar-refractivity contribution is -0.709. The Bertz CT molecular complexity index is 263. The molecule has 2 rings (SSSR count). The molecule has 0 saturated heterocycles. The molecule has 1 aliphatic heterocycles. The molecule has 0 bridgehead atoms. The standard InChI is InChI=1S/C10H16N2/c1-8(2)10-9-4-3-6-12(9)7-5-11-10/h3-4,6,8,10-11H,5,7H2,1-2H3/p+1/t10-/m0/s1. The fourth-order valence-corrected chi connectivity index (χ4v) is 2.06. The molecule has 2 nitrogen and oxygen atoms in total. The number of hydrogen-bond acceptors (Lipinski definition) is 0. The summed E-state index contributed by atoms with van der Waals surface area (Å²) in [5, 5.41) is 2.46. The van der Waals surface area contributed by atoms with Crippen LogP contribution < -0.4 is 5.32 Å². The molecule has 2 heterocycles. The first-order valence-corrected chi connectivity index (χ1v) is 4.77. The predicted octanol–water partition coefficient (Wildman–Crippen LogP) is 0.762. The number of quaternary nitrogens is 1. The van der Waals surface area contributed by atoms with Gasteiger partial charge in [0.25, 0.3) is 0 Å². The quantitative estimate of drug-likeness (QED) is 0.634. The third-order valence-corrected chi connectivity index (χ3v) is 2.71. The summed E-state index contributed by atoms with van der Waals surface area (Å²) in [6.45, 7) is 6.99. The van der Waals surface area contributed by atoms with Gasteiger partial charge in [0, 0.05) is 12.1 Å². The van der Waals surface area contributed by atoms with Crippen molar-refractivity contribution in [3.8, 4) is 0 Å². The molecule has 1 aromatic rings. The highest BCUT2D eigenvalue weighted by Crippen LogP contribution is 2.19. The average Bonchev–Trinajstić information content (AvgIpc) is 2.49. The van der Waals surface area contributed by atoms with Crippen LogP contribution in [0.15, 0.2) is 18.3 Å². The van der Waals surface area contributed by atoms with Crippen LogP contribution >= 0.6 is 0 Å². The van der Waals surface area contributed by atoms with Crippen LogP contribution in [0, 0.1) is 5.92 Å². The van der Waals surface area contributed by atoms with Crippen LogP contribution in [0.5, 0.6) is 0 Å². The fourth-order valence-electron chi connectivity index (χ4n) is 2.06. The summed E-state index contributed by atoms with van der Waals surface area (Å²) in [5.74, 6) is 0.735. The van der Waals surface area contributed by atoms with Gasteiger partial charge in [0.2, 0.25) is 0 Å². The minimum absolute atomic E-state index is 0.675. The monoisotopic (exact) mass is 165 g/mol. The van der Waals surface area contributed by atoms with Gasteiger partial charge in [-0.3, -0.25) is 0 Å². The van der Waals surface area contributed by atoms with E-state index in [9.17, 15) is 0 Å². The van der Waals surface area contributed by atoms with Gasteiger partial charge in [-0.25, -0.2) is 0 Å². The molecule has 0 fully saturated rings. The molecule has 0 amide bonds. The van der Waals surface area contributed by atoms with Crippen LogP contribution in [-0.4, -0.2) is 11.1 Å². The fraction of sp³-hybridized carbons (Fsp3) is 0.600. The normalized spacial score (nSPS) is 22.8. The van der Waals surface area contributed by atoms with Gasteiger partial charge in [-0.2, -0.15) is 0 Å². The maximum absolute atomic E-state index is 2.46. The Morgan fingerprint density at radius 2 is 2.42 bits per heavy atom. The topological polar surface area (TPSA) is 21.5 Å². The van der Waals surface area contributed by atoms with E-state index in [0.29, 0.717) is 6.04 Å². The first-order valence-electron chi connectivity index (χ1n) is 4.77.